The highest BCUT2D eigenvalue weighted by Gasteiger charge is 2.17. The summed E-state index contributed by atoms with van der Waals surface area (Å²) in [5.41, 5.74) is 0.708. The van der Waals surface area contributed by atoms with Crippen LogP contribution in [-0.4, -0.2) is 44.1 Å². The average molecular weight is 315 g/mol. The minimum Gasteiger partial charge on any atom is -0.486 e. The van der Waals surface area contributed by atoms with Crippen LogP contribution < -0.4 is 4.74 Å². The molecular weight excluding hydrogens is 294 g/mol. The van der Waals surface area contributed by atoms with E-state index in [9.17, 15) is 4.79 Å². The summed E-state index contributed by atoms with van der Waals surface area (Å²) in [7, 11) is 1.77. The van der Waals surface area contributed by atoms with Crippen molar-refractivity contribution in [2.24, 2.45) is 7.05 Å². The second kappa shape index (κ2) is 7.21. The van der Waals surface area contributed by atoms with Gasteiger partial charge in [0.25, 0.3) is 5.91 Å². The van der Waals surface area contributed by atoms with Gasteiger partial charge in [-0.05, 0) is 47.5 Å². The maximum atomic E-state index is 12.5. The lowest BCUT2D eigenvalue weighted by atomic mass is 10.2. The van der Waals surface area contributed by atoms with Crippen LogP contribution in [0.1, 0.15) is 41.9 Å². The summed E-state index contributed by atoms with van der Waals surface area (Å²) in [6.45, 7) is 2.01. The number of amides is 1. The van der Waals surface area contributed by atoms with Gasteiger partial charge in [-0.15, -0.1) is 5.10 Å². The van der Waals surface area contributed by atoms with Crippen molar-refractivity contribution < 1.29 is 9.53 Å². The Morgan fingerprint density at radius 3 is 2.43 bits per heavy atom. The van der Waals surface area contributed by atoms with Crippen molar-refractivity contribution in [1.82, 2.24) is 25.1 Å². The number of carbonyl (C=O) groups is 1. The van der Waals surface area contributed by atoms with Crippen LogP contribution in [0.2, 0.25) is 0 Å². The van der Waals surface area contributed by atoms with Crippen molar-refractivity contribution in [3.63, 3.8) is 0 Å². The van der Waals surface area contributed by atoms with Crippen LogP contribution in [0.25, 0.3) is 0 Å². The number of tetrazole rings is 1. The standard InChI is InChI=1S/C16H21N5O2/c1-20-15(17-18-19-20)12-23-14-8-6-13(7-9-14)16(22)21-10-4-2-3-5-11-21/h6-9H,2-5,10-12H2,1H3. The Bertz CT molecular complexity index is 645. The van der Waals surface area contributed by atoms with E-state index < -0.39 is 0 Å². The van der Waals surface area contributed by atoms with E-state index in [1.54, 1.807) is 11.7 Å². The number of nitrogens with zero attached hydrogens (tertiary/aromatic N) is 5. The van der Waals surface area contributed by atoms with Gasteiger partial charge in [-0.25, -0.2) is 4.68 Å². The zero-order chi connectivity index (χ0) is 16.1. The molecule has 0 saturated carbocycles. The molecule has 0 atom stereocenters. The van der Waals surface area contributed by atoms with Gasteiger partial charge in [0.2, 0.25) is 0 Å². The molecule has 1 aromatic carbocycles. The number of aryl methyl sites for hydroxylation is 1. The summed E-state index contributed by atoms with van der Waals surface area (Å²) in [6.07, 6.45) is 4.62. The third kappa shape index (κ3) is 3.85. The zero-order valence-corrected chi connectivity index (χ0v) is 13.3. The lowest BCUT2D eigenvalue weighted by Gasteiger charge is -2.20. The summed E-state index contributed by atoms with van der Waals surface area (Å²) in [5, 5.41) is 11.2. The third-order valence-electron chi connectivity index (χ3n) is 4.07. The number of aromatic nitrogens is 4. The number of hydrogen-bond acceptors (Lipinski definition) is 5. The van der Waals surface area contributed by atoms with Gasteiger partial charge >= 0.3 is 0 Å². The van der Waals surface area contributed by atoms with Crippen LogP contribution in [0.15, 0.2) is 24.3 Å². The average Bonchev–Trinajstić information content (AvgIpc) is 2.82. The fourth-order valence-electron chi connectivity index (χ4n) is 2.67. The largest absolute Gasteiger partial charge is 0.486 e. The lowest BCUT2D eigenvalue weighted by molar-refractivity contribution is 0.0761. The highest BCUT2D eigenvalue weighted by Crippen LogP contribution is 2.17. The van der Waals surface area contributed by atoms with Gasteiger partial charge in [0, 0.05) is 25.7 Å². The van der Waals surface area contributed by atoms with E-state index in [2.05, 4.69) is 15.5 Å². The number of rotatable bonds is 4. The van der Waals surface area contributed by atoms with E-state index in [1.165, 1.54) is 12.8 Å². The molecule has 3 rings (SSSR count). The van der Waals surface area contributed by atoms with Gasteiger partial charge < -0.3 is 9.64 Å². The molecule has 0 N–H and O–H groups in total. The maximum Gasteiger partial charge on any atom is 0.253 e. The minimum absolute atomic E-state index is 0.107. The number of benzene rings is 1. The third-order valence-corrected chi connectivity index (χ3v) is 4.07. The summed E-state index contributed by atoms with van der Waals surface area (Å²) in [4.78, 5) is 14.5. The molecule has 1 saturated heterocycles. The van der Waals surface area contributed by atoms with Gasteiger partial charge in [-0.3, -0.25) is 4.79 Å². The molecule has 1 aromatic heterocycles. The van der Waals surface area contributed by atoms with Crippen LogP contribution >= 0.6 is 0 Å². The fourth-order valence-corrected chi connectivity index (χ4v) is 2.67. The number of likely N-dealkylation sites (tertiary alicyclic amines) is 1. The van der Waals surface area contributed by atoms with Crippen molar-refractivity contribution in [1.29, 1.82) is 0 Å². The summed E-state index contributed by atoms with van der Waals surface area (Å²) < 4.78 is 7.21. The molecule has 1 aliphatic heterocycles. The summed E-state index contributed by atoms with van der Waals surface area (Å²) in [6, 6.07) is 7.26. The molecule has 0 radical (unpaired) electrons. The smallest absolute Gasteiger partial charge is 0.253 e. The molecule has 2 aromatic rings. The van der Waals surface area contributed by atoms with Gasteiger partial charge in [0.1, 0.15) is 12.4 Å². The Balaban J connectivity index is 1.60. The Labute approximate surface area is 135 Å². The minimum atomic E-state index is 0.107. The van der Waals surface area contributed by atoms with Gasteiger partial charge in [-0.1, -0.05) is 12.8 Å². The van der Waals surface area contributed by atoms with E-state index >= 15 is 0 Å². The van der Waals surface area contributed by atoms with Crippen LogP contribution in [0.5, 0.6) is 5.75 Å². The molecule has 23 heavy (non-hydrogen) atoms. The predicted octanol–water partition coefficient (Wildman–Crippen LogP) is 1.81. The van der Waals surface area contributed by atoms with Crippen molar-refractivity contribution in [3.8, 4) is 5.75 Å². The topological polar surface area (TPSA) is 73.1 Å². The zero-order valence-electron chi connectivity index (χ0n) is 13.3. The lowest BCUT2D eigenvalue weighted by Crippen LogP contribution is -2.31. The van der Waals surface area contributed by atoms with Crippen molar-refractivity contribution >= 4 is 5.91 Å². The monoisotopic (exact) mass is 315 g/mol. The number of hydrogen-bond donors (Lipinski definition) is 0. The van der Waals surface area contributed by atoms with Crippen molar-refractivity contribution in [3.05, 3.63) is 35.7 Å². The van der Waals surface area contributed by atoms with E-state index in [-0.39, 0.29) is 5.91 Å². The Kier molecular flexibility index (Phi) is 4.85. The number of ether oxygens (including phenoxy) is 1. The first-order valence-corrected chi connectivity index (χ1v) is 7.97. The highest BCUT2D eigenvalue weighted by molar-refractivity contribution is 5.94. The SMILES string of the molecule is Cn1nnnc1COc1ccc(C(=O)N2CCCCCC2)cc1. The Hall–Kier alpha value is -2.44. The Morgan fingerprint density at radius 2 is 1.83 bits per heavy atom. The molecule has 1 aliphatic rings. The second-order valence-electron chi connectivity index (χ2n) is 5.74. The molecular formula is C16H21N5O2. The van der Waals surface area contributed by atoms with E-state index in [0.29, 0.717) is 23.7 Å². The Morgan fingerprint density at radius 1 is 1.13 bits per heavy atom. The second-order valence-corrected chi connectivity index (χ2v) is 5.74. The van der Waals surface area contributed by atoms with Crippen molar-refractivity contribution in [2.75, 3.05) is 13.1 Å². The van der Waals surface area contributed by atoms with Crippen LogP contribution in [-0.2, 0) is 13.7 Å². The maximum absolute atomic E-state index is 12.5. The molecule has 122 valence electrons. The quantitative estimate of drug-likeness (QED) is 0.860. The molecule has 7 nitrogen and oxygen atoms in total. The highest BCUT2D eigenvalue weighted by atomic mass is 16.5. The first kappa shape index (κ1) is 15.5. The first-order valence-electron chi connectivity index (χ1n) is 7.97. The van der Waals surface area contributed by atoms with E-state index in [4.69, 9.17) is 4.74 Å². The molecule has 0 spiro atoms. The van der Waals surface area contributed by atoms with Crippen LogP contribution in [0.3, 0.4) is 0 Å². The fraction of sp³-hybridized carbons (Fsp3) is 0.500. The van der Waals surface area contributed by atoms with Gasteiger partial charge in [0.15, 0.2) is 5.82 Å². The predicted molar refractivity (Wildman–Crippen MR) is 83.9 cm³/mol. The normalized spacial score (nSPS) is 15.3. The summed E-state index contributed by atoms with van der Waals surface area (Å²) in [5.74, 6) is 1.45. The van der Waals surface area contributed by atoms with Crippen LogP contribution in [0.4, 0.5) is 0 Å². The molecule has 7 heteroatoms. The molecule has 1 fully saturated rings. The molecule has 0 unspecified atom stereocenters. The van der Waals surface area contributed by atoms with Crippen molar-refractivity contribution in [2.45, 2.75) is 32.3 Å². The number of carbonyl (C=O) groups excluding carboxylic acids is 1. The molecule has 1 amide bonds. The van der Waals surface area contributed by atoms with E-state index in [1.807, 2.05) is 29.2 Å². The first-order chi connectivity index (χ1) is 11.2. The molecule has 2 heterocycles. The van der Waals surface area contributed by atoms with Crippen LogP contribution in [0, 0.1) is 0 Å². The molecule has 0 bridgehead atoms. The van der Waals surface area contributed by atoms with Gasteiger partial charge in [-0.2, -0.15) is 0 Å². The van der Waals surface area contributed by atoms with E-state index in [0.717, 1.165) is 25.9 Å². The van der Waals surface area contributed by atoms with Gasteiger partial charge in [0.05, 0.1) is 0 Å². The summed E-state index contributed by atoms with van der Waals surface area (Å²) >= 11 is 0. The molecule has 0 aliphatic carbocycles.